The Kier molecular flexibility index (Phi) is 1.16. The third-order valence-electron chi connectivity index (χ3n) is 1.60. The van der Waals surface area contributed by atoms with Crippen molar-refractivity contribution in [1.82, 2.24) is 0 Å². The number of halogens is 1. The van der Waals surface area contributed by atoms with Crippen LogP contribution in [0.15, 0.2) is 0 Å². The van der Waals surface area contributed by atoms with Crippen LogP contribution in [0.2, 0.25) is 0 Å². The van der Waals surface area contributed by atoms with Crippen molar-refractivity contribution in [3.63, 3.8) is 0 Å². The molecular weight excluding hydrogens is 156 g/mol. The summed E-state index contributed by atoms with van der Waals surface area (Å²) < 4.78 is 0. The van der Waals surface area contributed by atoms with Crippen molar-refractivity contribution >= 4 is 15.9 Å². The lowest BCUT2D eigenvalue weighted by atomic mass is 10.2. The van der Waals surface area contributed by atoms with E-state index >= 15 is 0 Å². The van der Waals surface area contributed by atoms with Gasteiger partial charge < -0.3 is 5.11 Å². The zero-order chi connectivity index (χ0) is 5.49. The van der Waals surface area contributed by atoms with Crippen LogP contribution in [0.1, 0.15) is 13.3 Å². The summed E-state index contributed by atoms with van der Waals surface area (Å²) >= 11 is 3.40. The van der Waals surface area contributed by atoms with Crippen LogP contribution in [0.5, 0.6) is 0 Å². The monoisotopic (exact) mass is 164 g/mol. The van der Waals surface area contributed by atoms with Crippen LogP contribution in [-0.4, -0.2) is 16.5 Å². The average Bonchev–Trinajstić information content (AvgIpc) is 2.18. The molecule has 2 heteroatoms. The molecule has 0 spiro atoms. The molecule has 1 N–H and O–H groups in total. The molecule has 1 fully saturated rings. The van der Waals surface area contributed by atoms with E-state index in [1.165, 1.54) is 0 Å². The van der Waals surface area contributed by atoms with E-state index < -0.39 is 0 Å². The molecule has 1 saturated carbocycles. The van der Waals surface area contributed by atoms with Crippen molar-refractivity contribution in [2.75, 3.05) is 6.61 Å². The molecule has 2 atom stereocenters. The first-order valence-corrected chi connectivity index (χ1v) is 3.35. The highest BCUT2D eigenvalue weighted by atomic mass is 79.9. The number of hydrogen-bond acceptors (Lipinski definition) is 1. The first-order valence-electron chi connectivity index (χ1n) is 2.44. The van der Waals surface area contributed by atoms with Gasteiger partial charge in [0, 0.05) is 16.8 Å². The van der Waals surface area contributed by atoms with Gasteiger partial charge in [0.1, 0.15) is 0 Å². The summed E-state index contributed by atoms with van der Waals surface area (Å²) in [5.74, 6) is 0. The Labute approximate surface area is 51.9 Å². The van der Waals surface area contributed by atoms with E-state index in [9.17, 15) is 0 Å². The number of hydrogen-bond donors (Lipinski definition) is 1. The maximum absolute atomic E-state index is 8.61. The van der Waals surface area contributed by atoms with Gasteiger partial charge in [-0.05, 0) is 6.42 Å². The van der Waals surface area contributed by atoms with E-state index in [0.29, 0.717) is 11.4 Å². The third-order valence-corrected chi connectivity index (χ3v) is 3.03. The van der Waals surface area contributed by atoms with Crippen molar-refractivity contribution in [1.29, 1.82) is 0 Å². The molecule has 1 aliphatic rings. The number of alkyl halides is 1. The minimum atomic E-state index is 0.222. The smallest absolute Gasteiger partial charge is 0.0495 e. The Morgan fingerprint density at radius 2 is 2.43 bits per heavy atom. The number of aliphatic hydroxyl groups is 1. The molecule has 0 unspecified atom stereocenters. The van der Waals surface area contributed by atoms with Crippen LogP contribution in [0.4, 0.5) is 0 Å². The van der Waals surface area contributed by atoms with Gasteiger partial charge in [0.2, 0.25) is 0 Å². The summed E-state index contributed by atoms with van der Waals surface area (Å²) in [5.41, 5.74) is 0.222. The molecule has 0 radical (unpaired) electrons. The Bertz CT molecular complexity index is 80.1. The molecule has 0 aromatic carbocycles. The number of rotatable bonds is 1. The molecular formula is C5H9BrO. The van der Waals surface area contributed by atoms with E-state index in [-0.39, 0.29) is 5.41 Å². The molecule has 0 amide bonds. The average molecular weight is 165 g/mol. The second kappa shape index (κ2) is 1.46. The van der Waals surface area contributed by atoms with Crippen LogP contribution in [0, 0.1) is 5.41 Å². The molecule has 0 bridgehead atoms. The van der Waals surface area contributed by atoms with E-state index in [1.807, 2.05) is 0 Å². The predicted octanol–water partition coefficient (Wildman–Crippen LogP) is 1.15. The summed E-state index contributed by atoms with van der Waals surface area (Å²) in [6.07, 6.45) is 1.13. The fourth-order valence-electron chi connectivity index (χ4n) is 0.514. The van der Waals surface area contributed by atoms with Gasteiger partial charge in [0.05, 0.1) is 0 Å². The van der Waals surface area contributed by atoms with Gasteiger partial charge in [-0.3, -0.25) is 0 Å². The highest BCUT2D eigenvalue weighted by Crippen LogP contribution is 2.50. The zero-order valence-corrected chi connectivity index (χ0v) is 5.90. The first kappa shape index (κ1) is 5.57. The molecule has 0 aliphatic heterocycles. The van der Waals surface area contributed by atoms with Gasteiger partial charge in [-0.1, -0.05) is 22.9 Å². The lowest BCUT2D eigenvalue weighted by molar-refractivity contribution is 0.226. The second-order valence-electron chi connectivity index (χ2n) is 2.48. The second-order valence-corrected chi connectivity index (χ2v) is 3.59. The SMILES string of the molecule is C[C@]1(CO)C[C@H]1Br. The van der Waals surface area contributed by atoms with Gasteiger partial charge in [0.15, 0.2) is 0 Å². The van der Waals surface area contributed by atoms with Crippen LogP contribution in [-0.2, 0) is 0 Å². The van der Waals surface area contributed by atoms with Crippen LogP contribution in [0.3, 0.4) is 0 Å². The minimum absolute atomic E-state index is 0.222. The minimum Gasteiger partial charge on any atom is -0.396 e. The maximum Gasteiger partial charge on any atom is 0.0495 e. The molecule has 0 heterocycles. The molecule has 0 aromatic rings. The Morgan fingerprint density at radius 3 is 2.43 bits per heavy atom. The van der Waals surface area contributed by atoms with E-state index in [1.54, 1.807) is 0 Å². The third kappa shape index (κ3) is 0.820. The molecule has 1 rings (SSSR count). The molecule has 1 nitrogen and oxygen atoms in total. The normalized spacial score (nSPS) is 49.3. The lowest BCUT2D eigenvalue weighted by Gasteiger charge is -1.98. The summed E-state index contributed by atoms with van der Waals surface area (Å²) in [7, 11) is 0. The fourth-order valence-corrected chi connectivity index (χ4v) is 1.40. The zero-order valence-electron chi connectivity index (χ0n) is 4.32. The molecule has 1 aliphatic carbocycles. The van der Waals surface area contributed by atoms with Crippen molar-refractivity contribution in [2.45, 2.75) is 18.2 Å². The molecule has 7 heavy (non-hydrogen) atoms. The standard InChI is InChI=1S/C5H9BrO/c1-5(3-7)2-4(5)6/h4,7H,2-3H2,1H3/t4-,5-/m1/s1. The van der Waals surface area contributed by atoms with Crippen LogP contribution in [0.25, 0.3) is 0 Å². The van der Waals surface area contributed by atoms with Crippen molar-refractivity contribution in [3.05, 3.63) is 0 Å². The Morgan fingerprint density at radius 1 is 2.00 bits per heavy atom. The van der Waals surface area contributed by atoms with Crippen LogP contribution >= 0.6 is 15.9 Å². The predicted molar refractivity (Wildman–Crippen MR) is 32.5 cm³/mol. The quantitative estimate of drug-likeness (QED) is 0.578. The molecule has 0 saturated heterocycles. The van der Waals surface area contributed by atoms with Crippen molar-refractivity contribution in [2.24, 2.45) is 5.41 Å². The highest BCUT2D eigenvalue weighted by Gasteiger charge is 2.47. The Hall–Kier alpha value is 0.440. The summed E-state index contributed by atoms with van der Waals surface area (Å²) in [6.45, 7) is 2.40. The van der Waals surface area contributed by atoms with E-state index in [0.717, 1.165) is 6.42 Å². The molecule has 0 aromatic heterocycles. The largest absolute Gasteiger partial charge is 0.396 e. The summed E-state index contributed by atoms with van der Waals surface area (Å²) in [5, 5.41) is 8.61. The fraction of sp³-hybridized carbons (Fsp3) is 1.00. The Balaban J connectivity index is 2.36. The van der Waals surface area contributed by atoms with Gasteiger partial charge >= 0.3 is 0 Å². The van der Waals surface area contributed by atoms with E-state index in [4.69, 9.17) is 5.11 Å². The summed E-state index contributed by atoms with van der Waals surface area (Å²) in [4.78, 5) is 0.574. The molecule has 42 valence electrons. The van der Waals surface area contributed by atoms with Gasteiger partial charge in [0.25, 0.3) is 0 Å². The maximum atomic E-state index is 8.61. The summed E-state index contributed by atoms with van der Waals surface area (Å²) in [6, 6.07) is 0. The van der Waals surface area contributed by atoms with Crippen molar-refractivity contribution < 1.29 is 5.11 Å². The van der Waals surface area contributed by atoms with E-state index in [2.05, 4.69) is 22.9 Å². The van der Waals surface area contributed by atoms with Crippen LogP contribution < -0.4 is 0 Å². The lowest BCUT2D eigenvalue weighted by Crippen LogP contribution is -2.02. The first-order chi connectivity index (χ1) is 3.19. The van der Waals surface area contributed by atoms with Gasteiger partial charge in [-0.15, -0.1) is 0 Å². The van der Waals surface area contributed by atoms with Gasteiger partial charge in [-0.2, -0.15) is 0 Å². The highest BCUT2D eigenvalue weighted by molar-refractivity contribution is 9.09. The van der Waals surface area contributed by atoms with Crippen molar-refractivity contribution in [3.8, 4) is 0 Å². The van der Waals surface area contributed by atoms with Gasteiger partial charge in [-0.25, -0.2) is 0 Å². The number of aliphatic hydroxyl groups excluding tert-OH is 1. The topological polar surface area (TPSA) is 20.2 Å².